The van der Waals surface area contributed by atoms with Crippen molar-refractivity contribution in [2.24, 2.45) is 0 Å². The van der Waals surface area contributed by atoms with Crippen LogP contribution >= 0.6 is 23.2 Å². The molecular formula is C14H22Cl2N4O. The van der Waals surface area contributed by atoms with Gasteiger partial charge in [0.05, 0.1) is 23.3 Å². The third-order valence-corrected chi connectivity index (χ3v) is 3.87. The lowest BCUT2D eigenvalue weighted by Crippen LogP contribution is -2.42. The van der Waals surface area contributed by atoms with Gasteiger partial charge in [-0.1, -0.05) is 23.2 Å². The number of nitrogens with one attached hydrogen (secondary N) is 2. The molecule has 0 bridgehead atoms. The Morgan fingerprint density at radius 2 is 1.95 bits per heavy atom. The molecule has 5 nitrogen and oxygen atoms in total. The van der Waals surface area contributed by atoms with Gasteiger partial charge in [0.25, 0.3) is 0 Å². The molecule has 1 fully saturated rings. The molecule has 2 heterocycles. The van der Waals surface area contributed by atoms with Crippen LogP contribution < -0.4 is 10.6 Å². The van der Waals surface area contributed by atoms with Crippen LogP contribution in [0.4, 0.5) is 11.6 Å². The van der Waals surface area contributed by atoms with Gasteiger partial charge < -0.3 is 15.4 Å². The molecule has 1 aliphatic rings. The summed E-state index contributed by atoms with van der Waals surface area (Å²) in [5.41, 5.74) is 0. The summed E-state index contributed by atoms with van der Waals surface area (Å²) in [5, 5.41) is 7.56. The van der Waals surface area contributed by atoms with Crippen molar-refractivity contribution in [3.8, 4) is 0 Å². The number of morpholine rings is 1. The molecule has 0 radical (unpaired) electrons. The molecule has 2 rings (SSSR count). The van der Waals surface area contributed by atoms with E-state index in [-0.39, 0.29) is 6.04 Å². The van der Waals surface area contributed by atoms with E-state index in [1.54, 1.807) is 6.07 Å². The molecular weight excluding hydrogens is 311 g/mol. The van der Waals surface area contributed by atoms with Crippen LogP contribution in [-0.2, 0) is 4.74 Å². The molecule has 0 saturated carbocycles. The van der Waals surface area contributed by atoms with E-state index in [1.807, 2.05) is 6.92 Å². The molecule has 1 saturated heterocycles. The summed E-state index contributed by atoms with van der Waals surface area (Å²) in [6.45, 7) is 9.36. The highest BCUT2D eigenvalue weighted by Crippen LogP contribution is 2.29. The van der Waals surface area contributed by atoms with Gasteiger partial charge in [-0.2, -0.15) is 0 Å². The van der Waals surface area contributed by atoms with Gasteiger partial charge in [0, 0.05) is 32.2 Å². The fourth-order valence-corrected chi connectivity index (χ4v) is 2.79. The van der Waals surface area contributed by atoms with Crippen molar-refractivity contribution in [1.82, 2.24) is 9.88 Å². The Balaban J connectivity index is 1.98. The van der Waals surface area contributed by atoms with Crippen molar-refractivity contribution in [1.29, 1.82) is 0 Å². The Bertz CT molecular complexity index is 467. The first-order chi connectivity index (χ1) is 10.1. The molecule has 7 heteroatoms. The highest BCUT2D eigenvalue weighted by molar-refractivity contribution is 6.37. The van der Waals surface area contributed by atoms with E-state index in [0.29, 0.717) is 21.7 Å². The van der Waals surface area contributed by atoms with Crippen LogP contribution in [0.5, 0.6) is 0 Å². The number of anilines is 2. The van der Waals surface area contributed by atoms with Crippen molar-refractivity contribution in [3.05, 3.63) is 16.1 Å². The average Bonchev–Trinajstić information content (AvgIpc) is 2.45. The van der Waals surface area contributed by atoms with Gasteiger partial charge in [-0.25, -0.2) is 4.98 Å². The summed E-state index contributed by atoms with van der Waals surface area (Å²) in [7, 11) is 0. The zero-order valence-electron chi connectivity index (χ0n) is 12.5. The van der Waals surface area contributed by atoms with Crippen LogP contribution in [0.15, 0.2) is 6.07 Å². The molecule has 1 unspecified atom stereocenters. The normalized spacial score (nSPS) is 17.5. The van der Waals surface area contributed by atoms with Crippen molar-refractivity contribution >= 4 is 34.8 Å². The second kappa shape index (κ2) is 8.03. The molecule has 118 valence electrons. The molecule has 1 atom stereocenters. The minimum Gasteiger partial charge on any atom is -0.379 e. The minimum atomic E-state index is 0.240. The number of rotatable bonds is 6. The number of hydrogen-bond acceptors (Lipinski definition) is 5. The molecule has 1 aromatic rings. The minimum absolute atomic E-state index is 0.240. The summed E-state index contributed by atoms with van der Waals surface area (Å²) in [4.78, 5) is 6.84. The summed E-state index contributed by atoms with van der Waals surface area (Å²) < 4.78 is 5.36. The van der Waals surface area contributed by atoms with Gasteiger partial charge in [0.2, 0.25) is 0 Å². The van der Waals surface area contributed by atoms with Crippen LogP contribution in [0.2, 0.25) is 10.0 Å². The van der Waals surface area contributed by atoms with Gasteiger partial charge in [-0.3, -0.25) is 4.90 Å². The monoisotopic (exact) mass is 332 g/mol. The fourth-order valence-electron chi connectivity index (χ4n) is 2.31. The Labute approximate surface area is 136 Å². The molecule has 21 heavy (non-hydrogen) atoms. The van der Waals surface area contributed by atoms with E-state index < -0.39 is 0 Å². The van der Waals surface area contributed by atoms with E-state index in [2.05, 4.69) is 27.4 Å². The SMILES string of the molecule is CCNc1nc(NC(C)CN2CCOCC2)c(Cl)cc1Cl. The highest BCUT2D eigenvalue weighted by Gasteiger charge is 2.16. The van der Waals surface area contributed by atoms with Crippen LogP contribution in [0, 0.1) is 0 Å². The Morgan fingerprint density at radius 3 is 2.62 bits per heavy atom. The molecule has 1 aromatic heterocycles. The maximum Gasteiger partial charge on any atom is 0.147 e. The van der Waals surface area contributed by atoms with E-state index in [0.717, 1.165) is 39.4 Å². The molecule has 0 amide bonds. The van der Waals surface area contributed by atoms with Crippen molar-refractivity contribution in [3.63, 3.8) is 0 Å². The number of halogens is 2. The van der Waals surface area contributed by atoms with E-state index >= 15 is 0 Å². The summed E-state index contributed by atoms with van der Waals surface area (Å²) in [6, 6.07) is 1.96. The van der Waals surface area contributed by atoms with E-state index in [9.17, 15) is 0 Å². The van der Waals surface area contributed by atoms with Gasteiger partial charge in [0.1, 0.15) is 11.6 Å². The predicted octanol–water partition coefficient (Wildman–Crippen LogP) is 2.95. The van der Waals surface area contributed by atoms with Gasteiger partial charge in [-0.15, -0.1) is 0 Å². The van der Waals surface area contributed by atoms with Crippen molar-refractivity contribution < 1.29 is 4.74 Å². The van der Waals surface area contributed by atoms with Crippen molar-refractivity contribution in [2.75, 3.05) is 50.0 Å². The van der Waals surface area contributed by atoms with Crippen LogP contribution in [-0.4, -0.2) is 55.3 Å². The van der Waals surface area contributed by atoms with Gasteiger partial charge in [-0.05, 0) is 19.9 Å². The quantitative estimate of drug-likeness (QED) is 0.838. The summed E-state index contributed by atoms with van der Waals surface area (Å²) >= 11 is 12.3. The predicted molar refractivity (Wildman–Crippen MR) is 88.8 cm³/mol. The first-order valence-corrected chi connectivity index (χ1v) is 8.02. The number of ether oxygens (including phenoxy) is 1. The number of pyridine rings is 1. The van der Waals surface area contributed by atoms with E-state index in [4.69, 9.17) is 27.9 Å². The zero-order chi connectivity index (χ0) is 15.2. The zero-order valence-corrected chi connectivity index (χ0v) is 14.0. The summed E-state index contributed by atoms with van der Waals surface area (Å²) in [6.07, 6.45) is 0. The lowest BCUT2D eigenvalue weighted by molar-refractivity contribution is 0.0368. The van der Waals surface area contributed by atoms with Crippen LogP contribution in [0.25, 0.3) is 0 Å². The Kier molecular flexibility index (Phi) is 6.36. The number of aromatic nitrogens is 1. The first kappa shape index (κ1) is 16.6. The average molecular weight is 333 g/mol. The fraction of sp³-hybridized carbons (Fsp3) is 0.643. The Morgan fingerprint density at radius 1 is 1.29 bits per heavy atom. The molecule has 0 spiro atoms. The number of nitrogens with zero attached hydrogens (tertiary/aromatic N) is 2. The highest BCUT2D eigenvalue weighted by atomic mass is 35.5. The smallest absolute Gasteiger partial charge is 0.147 e. The second-order valence-corrected chi connectivity index (χ2v) is 5.95. The third-order valence-electron chi connectivity index (χ3n) is 3.29. The lowest BCUT2D eigenvalue weighted by Gasteiger charge is -2.29. The molecule has 0 aliphatic carbocycles. The van der Waals surface area contributed by atoms with Gasteiger partial charge in [0.15, 0.2) is 0 Å². The van der Waals surface area contributed by atoms with Crippen molar-refractivity contribution in [2.45, 2.75) is 19.9 Å². The standard InChI is InChI=1S/C14H22Cl2N4O/c1-3-17-13-11(15)8-12(16)14(19-13)18-10(2)9-20-4-6-21-7-5-20/h8,10H,3-7,9H2,1-2H3,(H2,17,18,19). The Hall–Kier alpha value is -0.750. The first-order valence-electron chi connectivity index (χ1n) is 7.26. The third kappa shape index (κ3) is 4.88. The molecule has 1 aliphatic heterocycles. The molecule has 0 aromatic carbocycles. The van der Waals surface area contributed by atoms with Crippen LogP contribution in [0.3, 0.4) is 0 Å². The molecule has 2 N–H and O–H groups in total. The summed E-state index contributed by atoms with van der Waals surface area (Å²) in [5.74, 6) is 1.32. The number of hydrogen-bond donors (Lipinski definition) is 2. The lowest BCUT2D eigenvalue weighted by atomic mass is 10.2. The maximum atomic E-state index is 6.22. The topological polar surface area (TPSA) is 49.4 Å². The van der Waals surface area contributed by atoms with Crippen LogP contribution in [0.1, 0.15) is 13.8 Å². The maximum absolute atomic E-state index is 6.22. The van der Waals surface area contributed by atoms with E-state index in [1.165, 1.54) is 0 Å². The second-order valence-electron chi connectivity index (χ2n) is 5.14. The largest absolute Gasteiger partial charge is 0.379 e. The van der Waals surface area contributed by atoms with Gasteiger partial charge >= 0.3 is 0 Å².